The summed E-state index contributed by atoms with van der Waals surface area (Å²) >= 11 is 0. The number of rotatable bonds is 10. The van der Waals surface area contributed by atoms with Gasteiger partial charge in [0.05, 0.1) is 11.5 Å². The van der Waals surface area contributed by atoms with E-state index in [2.05, 4.69) is 10.0 Å². The van der Waals surface area contributed by atoms with Crippen LogP contribution in [0.1, 0.15) is 17.3 Å². The Balaban J connectivity index is 1.90. The number of nitrogens with one attached hydrogen (secondary N) is 2. The van der Waals surface area contributed by atoms with Gasteiger partial charge in [-0.3, -0.25) is 9.59 Å². The Kier molecular flexibility index (Phi) is 7.68. The number of ether oxygens (including phenoxy) is 2. The molecule has 0 atom stereocenters. The maximum atomic E-state index is 12.1. The number of benzene rings is 2. The van der Waals surface area contributed by atoms with Gasteiger partial charge in [0.15, 0.2) is 12.4 Å². The van der Waals surface area contributed by atoms with Crippen LogP contribution in [0.5, 0.6) is 5.75 Å². The Morgan fingerprint density at radius 3 is 2.43 bits per heavy atom. The van der Waals surface area contributed by atoms with E-state index in [1.165, 1.54) is 38.3 Å². The van der Waals surface area contributed by atoms with Crippen LogP contribution in [-0.2, 0) is 19.6 Å². The Bertz CT molecular complexity index is 926. The predicted molar refractivity (Wildman–Crippen MR) is 104 cm³/mol. The van der Waals surface area contributed by atoms with Crippen LogP contribution in [0.25, 0.3) is 0 Å². The molecule has 8 nitrogen and oxygen atoms in total. The van der Waals surface area contributed by atoms with Gasteiger partial charge in [-0.2, -0.15) is 0 Å². The minimum absolute atomic E-state index is 0.0847. The first-order chi connectivity index (χ1) is 13.3. The Hall–Kier alpha value is -2.75. The summed E-state index contributed by atoms with van der Waals surface area (Å²) in [7, 11) is -2.14. The second kappa shape index (κ2) is 9.98. The molecule has 0 radical (unpaired) electrons. The predicted octanol–water partition coefficient (Wildman–Crippen LogP) is 1.83. The zero-order chi connectivity index (χ0) is 20.6. The average Bonchev–Trinajstić information content (AvgIpc) is 2.67. The molecule has 0 fully saturated rings. The molecule has 0 saturated carbocycles. The number of anilines is 1. The highest BCUT2D eigenvalue weighted by molar-refractivity contribution is 7.89. The van der Waals surface area contributed by atoms with Crippen LogP contribution in [0.3, 0.4) is 0 Å². The van der Waals surface area contributed by atoms with E-state index in [-0.39, 0.29) is 30.4 Å². The average molecular weight is 406 g/mol. The van der Waals surface area contributed by atoms with Gasteiger partial charge in [-0.1, -0.05) is 12.1 Å². The van der Waals surface area contributed by atoms with Crippen molar-refractivity contribution in [3.8, 4) is 5.75 Å². The number of methoxy groups -OCH3 is 1. The molecule has 0 unspecified atom stereocenters. The van der Waals surface area contributed by atoms with Crippen LogP contribution in [0.15, 0.2) is 53.4 Å². The lowest BCUT2D eigenvalue weighted by molar-refractivity contribution is -0.118. The fourth-order valence-corrected chi connectivity index (χ4v) is 3.25. The molecular formula is C19H22N2O6S. The molecule has 1 amide bonds. The molecule has 150 valence electrons. The molecule has 0 aromatic heterocycles. The fourth-order valence-electron chi connectivity index (χ4n) is 2.24. The van der Waals surface area contributed by atoms with E-state index < -0.39 is 15.9 Å². The maximum Gasteiger partial charge on any atom is 0.262 e. The third kappa shape index (κ3) is 6.45. The number of carbonyl (C=O) groups is 2. The Morgan fingerprint density at radius 2 is 1.79 bits per heavy atom. The van der Waals surface area contributed by atoms with Gasteiger partial charge in [-0.05, 0) is 43.3 Å². The first kappa shape index (κ1) is 21.5. The van der Waals surface area contributed by atoms with Crippen molar-refractivity contribution < 1.29 is 27.5 Å². The van der Waals surface area contributed by atoms with E-state index in [0.29, 0.717) is 17.0 Å². The molecule has 2 rings (SSSR count). The number of hydrogen-bond acceptors (Lipinski definition) is 6. The minimum Gasteiger partial charge on any atom is -0.484 e. The van der Waals surface area contributed by atoms with E-state index in [1.54, 1.807) is 24.3 Å². The highest BCUT2D eigenvalue weighted by Gasteiger charge is 2.13. The van der Waals surface area contributed by atoms with Crippen molar-refractivity contribution in [3.05, 3.63) is 54.1 Å². The normalized spacial score (nSPS) is 11.1. The zero-order valence-electron chi connectivity index (χ0n) is 15.6. The van der Waals surface area contributed by atoms with E-state index in [0.717, 1.165) is 0 Å². The first-order valence-corrected chi connectivity index (χ1v) is 9.92. The molecule has 0 spiro atoms. The summed E-state index contributed by atoms with van der Waals surface area (Å²) in [6.45, 7) is 1.62. The van der Waals surface area contributed by atoms with Crippen LogP contribution in [-0.4, -0.2) is 47.0 Å². The molecule has 0 bridgehead atoms. The summed E-state index contributed by atoms with van der Waals surface area (Å²) in [6, 6.07) is 12.3. The molecule has 0 heterocycles. The van der Waals surface area contributed by atoms with Gasteiger partial charge in [0.2, 0.25) is 10.0 Å². The van der Waals surface area contributed by atoms with Crippen molar-refractivity contribution in [2.24, 2.45) is 0 Å². The van der Waals surface area contributed by atoms with E-state index >= 15 is 0 Å². The van der Waals surface area contributed by atoms with Crippen LogP contribution in [0.2, 0.25) is 0 Å². The van der Waals surface area contributed by atoms with Crippen LogP contribution in [0.4, 0.5) is 5.69 Å². The summed E-state index contributed by atoms with van der Waals surface area (Å²) in [6.07, 6.45) is 0. The van der Waals surface area contributed by atoms with Gasteiger partial charge in [-0.25, -0.2) is 13.1 Å². The second-order valence-electron chi connectivity index (χ2n) is 5.84. The molecule has 0 aliphatic heterocycles. The van der Waals surface area contributed by atoms with Crippen molar-refractivity contribution in [3.63, 3.8) is 0 Å². The van der Waals surface area contributed by atoms with Gasteiger partial charge in [0.25, 0.3) is 5.91 Å². The monoisotopic (exact) mass is 406 g/mol. The van der Waals surface area contributed by atoms with Crippen molar-refractivity contribution in [2.45, 2.75) is 11.8 Å². The van der Waals surface area contributed by atoms with Crippen LogP contribution in [0, 0.1) is 0 Å². The molecule has 28 heavy (non-hydrogen) atoms. The highest BCUT2D eigenvalue weighted by Crippen LogP contribution is 2.16. The van der Waals surface area contributed by atoms with Crippen molar-refractivity contribution in [1.82, 2.24) is 4.72 Å². The summed E-state index contributed by atoms with van der Waals surface area (Å²) in [5.41, 5.74) is 0.986. The number of hydrogen-bond donors (Lipinski definition) is 2. The van der Waals surface area contributed by atoms with Crippen molar-refractivity contribution in [1.29, 1.82) is 0 Å². The summed E-state index contributed by atoms with van der Waals surface area (Å²) in [4.78, 5) is 23.5. The largest absolute Gasteiger partial charge is 0.484 e. The van der Waals surface area contributed by atoms with E-state index in [4.69, 9.17) is 9.47 Å². The van der Waals surface area contributed by atoms with Crippen molar-refractivity contribution in [2.75, 3.05) is 32.2 Å². The molecule has 2 aromatic rings. The standard InChI is InChI=1S/C19H22N2O6S/c1-14(22)15-4-3-5-16(12-15)21-19(23)13-27-17-6-8-18(9-7-17)28(24,25)20-10-11-26-2/h3-9,12,20H,10-11,13H2,1-2H3,(H,21,23). The van der Waals surface area contributed by atoms with Crippen molar-refractivity contribution >= 4 is 27.4 Å². The SMILES string of the molecule is COCCNS(=O)(=O)c1ccc(OCC(=O)Nc2cccc(C(C)=O)c2)cc1. The lowest BCUT2D eigenvalue weighted by Gasteiger charge is -2.10. The molecule has 0 saturated heterocycles. The van der Waals surface area contributed by atoms with E-state index in [1.807, 2.05) is 0 Å². The number of amides is 1. The molecule has 0 aliphatic carbocycles. The summed E-state index contributed by atoms with van der Waals surface area (Å²) in [5.74, 6) is -0.152. The fraction of sp³-hybridized carbons (Fsp3) is 0.263. The number of sulfonamides is 1. The molecule has 2 N–H and O–H groups in total. The summed E-state index contributed by atoms with van der Waals surface area (Å²) < 4.78 is 36.7. The number of ketones is 1. The second-order valence-corrected chi connectivity index (χ2v) is 7.60. The first-order valence-electron chi connectivity index (χ1n) is 8.44. The Morgan fingerprint density at radius 1 is 1.07 bits per heavy atom. The number of Topliss-reactive ketones (excluding diaryl/α,β-unsaturated/α-hetero) is 1. The van der Waals surface area contributed by atoms with Gasteiger partial charge < -0.3 is 14.8 Å². The smallest absolute Gasteiger partial charge is 0.262 e. The lowest BCUT2D eigenvalue weighted by atomic mass is 10.1. The molecule has 0 aliphatic rings. The molecule has 2 aromatic carbocycles. The third-order valence-corrected chi connectivity index (χ3v) is 5.13. The van der Waals surface area contributed by atoms with Gasteiger partial charge >= 0.3 is 0 Å². The quantitative estimate of drug-likeness (QED) is 0.460. The van der Waals surface area contributed by atoms with Crippen LogP contribution < -0.4 is 14.8 Å². The number of carbonyl (C=O) groups excluding carboxylic acids is 2. The lowest BCUT2D eigenvalue weighted by Crippen LogP contribution is -2.27. The Labute approximate surface area is 163 Å². The van der Waals surface area contributed by atoms with Gasteiger partial charge in [0.1, 0.15) is 5.75 Å². The van der Waals surface area contributed by atoms with Gasteiger partial charge in [-0.15, -0.1) is 0 Å². The van der Waals surface area contributed by atoms with Crippen LogP contribution >= 0.6 is 0 Å². The minimum atomic E-state index is -3.62. The zero-order valence-corrected chi connectivity index (χ0v) is 16.4. The third-order valence-electron chi connectivity index (χ3n) is 3.66. The van der Waals surface area contributed by atoms with E-state index in [9.17, 15) is 18.0 Å². The van der Waals surface area contributed by atoms with Gasteiger partial charge in [0, 0.05) is 24.9 Å². The topological polar surface area (TPSA) is 111 Å². The summed E-state index contributed by atoms with van der Waals surface area (Å²) in [5, 5.41) is 2.64. The maximum absolute atomic E-state index is 12.1. The highest BCUT2D eigenvalue weighted by atomic mass is 32.2. The molecular weight excluding hydrogens is 384 g/mol. The molecule has 9 heteroatoms.